The van der Waals surface area contributed by atoms with Crippen molar-refractivity contribution in [3.63, 3.8) is 0 Å². The molecular formula is C20H20BF4N4O3+. The van der Waals surface area contributed by atoms with Crippen LogP contribution in [0.25, 0.3) is 11.3 Å². The zero-order valence-electron chi connectivity index (χ0n) is 16.7. The summed E-state index contributed by atoms with van der Waals surface area (Å²) < 4.78 is 53.7. The first-order chi connectivity index (χ1) is 15.1. The Morgan fingerprint density at radius 1 is 1.19 bits per heavy atom. The van der Waals surface area contributed by atoms with Crippen molar-refractivity contribution in [2.45, 2.75) is 31.5 Å². The second-order valence-corrected chi connectivity index (χ2v) is 7.14. The van der Waals surface area contributed by atoms with Crippen LogP contribution in [0.5, 0.6) is 0 Å². The minimum Gasteiger partial charge on any atom is -0.426 e. The summed E-state index contributed by atoms with van der Waals surface area (Å²) in [6, 6.07) is 11.7. The van der Waals surface area contributed by atoms with E-state index in [0.29, 0.717) is 17.8 Å². The van der Waals surface area contributed by atoms with Crippen LogP contribution in [0.3, 0.4) is 0 Å². The number of aryl methyl sites for hydroxylation is 1. The SMILES string of the molecule is O=C(CC[n+]1cc(-c2ccccc2)n[nH]1)N[C@@H](Cc1ccc(F)c(C(F)(F)F)c1)B(O)O. The number of carbonyl (C=O) groups is 1. The Labute approximate surface area is 180 Å². The summed E-state index contributed by atoms with van der Waals surface area (Å²) in [5, 5.41) is 28.4. The molecule has 0 aliphatic carbocycles. The van der Waals surface area contributed by atoms with Gasteiger partial charge in [0.05, 0.1) is 17.9 Å². The smallest absolute Gasteiger partial charge is 0.426 e. The molecule has 2 aromatic carbocycles. The lowest BCUT2D eigenvalue weighted by Crippen LogP contribution is -2.49. The highest BCUT2D eigenvalue weighted by Gasteiger charge is 2.35. The van der Waals surface area contributed by atoms with Crippen LogP contribution in [-0.4, -0.2) is 39.3 Å². The molecule has 0 spiro atoms. The summed E-state index contributed by atoms with van der Waals surface area (Å²) >= 11 is 0. The topological polar surface area (TPSA) is 102 Å². The van der Waals surface area contributed by atoms with E-state index in [9.17, 15) is 32.4 Å². The molecule has 0 bridgehead atoms. The lowest BCUT2D eigenvalue weighted by molar-refractivity contribution is -0.752. The second kappa shape index (κ2) is 9.92. The molecule has 1 amide bonds. The Morgan fingerprint density at radius 3 is 2.56 bits per heavy atom. The standard InChI is InChI=1S/C20H19BF4N4O3/c22-16-7-6-13(10-15(16)20(23,24)25)11-18(21(31)32)26-19(30)8-9-29-12-17(27-28-29)14-4-2-1-3-5-14/h1-7,10,12,18,31-32H,8-9,11H2,(H,26,30)/p+1/t18-/m0/s1. The Hall–Kier alpha value is -3.25. The van der Waals surface area contributed by atoms with Crippen LogP contribution in [0.4, 0.5) is 17.6 Å². The lowest BCUT2D eigenvalue weighted by Gasteiger charge is -2.18. The number of alkyl halides is 3. The highest BCUT2D eigenvalue weighted by molar-refractivity contribution is 6.43. The van der Waals surface area contributed by atoms with Crippen molar-refractivity contribution in [2.24, 2.45) is 0 Å². The number of benzene rings is 2. The zero-order chi connectivity index (χ0) is 23.3. The first-order valence-electron chi connectivity index (χ1n) is 9.65. The van der Waals surface area contributed by atoms with Crippen LogP contribution in [0, 0.1) is 5.82 Å². The van der Waals surface area contributed by atoms with Crippen LogP contribution in [0.1, 0.15) is 17.5 Å². The number of hydrogen-bond acceptors (Lipinski definition) is 4. The van der Waals surface area contributed by atoms with E-state index in [-0.39, 0.29) is 24.9 Å². The predicted octanol–water partition coefficient (Wildman–Crippen LogP) is 1.65. The van der Waals surface area contributed by atoms with Gasteiger partial charge in [-0.2, -0.15) is 17.9 Å². The molecule has 0 radical (unpaired) electrons. The molecule has 1 atom stereocenters. The number of aromatic nitrogens is 3. The van der Waals surface area contributed by atoms with Gasteiger partial charge in [-0.15, -0.1) is 0 Å². The van der Waals surface area contributed by atoms with Gasteiger partial charge in [-0.25, -0.2) is 4.39 Å². The summed E-state index contributed by atoms with van der Waals surface area (Å²) in [4.78, 5) is 12.3. The van der Waals surface area contributed by atoms with Gasteiger partial charge in [0.15, 0.2) is 6.20 Å². The van der Waals surface area contributed by atoms with Crippen molar-refractivity contribution in [3.8, 4) is 11.3 Å². The van der Waals surface area contributed by atoms with E-state index in [1.54, 1.807) is 10.9 Å². The van der Waals surface area contributed by atoms with E-state index in [4.69, 9.17) is 0 Å². The number of H-pyrrole nitrogens is 1. The van der Waals surface area contributed by atoms with Crippen molar-refractivity contribution in [1.29, 1.82) is 0 Å². The van der Waals surface area contributed by atoms with Gasteiger partial charge in [-0.05, 0) is 24.1 Å². The summed E-state index contributed by atoms with van der Waals surface area (Å²) in [5.74, 6) is -3.26. The third-order valence-corrected chi connectivity index (χ3v) is 4.72. The highest BCUT2D eigenvalue weighted by atomic mass is 19.4. The van der Waals surface area contributed by atoms with Gasteiger partial charge in [0.1, 0.15) is 12.4 Å². The number of rotatable bonds is 8. The number of nitrogens with one attached hydrogen (secondary N) is 2. The molecule has 0 fully saturated rings. The third-order valence-electron chi connectivity index (χ3n) is 4.72. The maximum atomic E-state index is 13.4. The van der Waals surface area contributed by atoms with Gasteiger partial charge in [-0.3, -0.25) is 4.79 Å². The maximum absolute atomic E-state index is 13.4. The molecular weight excluding hydrogens is 431 g/mol. The molecule has 0 aliphatic rings. The number of carbonyl (C=O) groups excluding carboxylic acids is 1. The summed E-state index contributed by atoms with van der Waals surface area (Å²) in [7, 11) is -2.03. The molecule has 12 heteroatoms. The summed E-state index contributed by atoms with van der Waals surface area (Å²) in [5.41, 5.74) is 0.0873. The molecule has 0 unspecified atom stereocenters. The van der Waals surface area contributed by atoms with Gasteiger partial charge >= 0.3 is 13.3 Å². The average Bonchev–Trinajstić information content (AvgIpc) is 3.22. The molecule has 0 aliphatic heterocycles. The van der Waals surface area contributed by atoms with E-state index in [1.807, 2.05) is 30.3 Å². The number of hydrogen-bond donors (Lipinski definition) is 4. The van der Waals surface area contributed by atoms with E-state index in [2.05, 4.69) is 15.6 Å². The normalized spacial score (nSPS) is 12.4. The van der Waals surface area contributed by atoms with Crippen LogP contribution in [0.15, 0.2) is 54.7 Å². The molecule has 0 saturated carbocycles. The van der Waals surface area contributed by atoms with Gasteiger partial charge < -0.3 is 15.4 Å². The summed E-state index contributed by atoms with van der Waals surface area (Å²) in [6.07, 6.45) is -3.57. The monoisotopic (exact) mass is 451 g/mol. The fourth-order valence-electron chi connectivity index (χ4n) is 3.09. The Morgan fingerprint density at radius 2 is 1.91 bits per heavy atom. The Kier molecular flexibility index (Phi) is 7.26. The van der Waals surface area contributed by atoms with Crippen LogP contribution < -0.4 is 10.00 Å². The second-order valence-electron chi connectivity index (χ2n) is 7.14. The molecule has 3 aromatic rings. The predicted molar refractivity (Wildman–Crippen MR) is 106 cm³/mol. The largest absolute Gasteiger partial charge is 0.475 e. The minimum absolute atomic E-state index is 0.00688. The molecule has 4 N–H and O–H groups in total. The van der Waals surface area contributed by atoms with Crippen molar-refractivity contribution >= 4 is 13.0 Å². The zero-order valence-corrected chi connectivity index (χ0v) is 16.7. The van der Waals surface area contributed by atoms with E-state index >= 15 is 0 Å². The third kappa shape index (κ3) is 6.14. The quantitative estimate of drug-likeness (QED) is 0.238. The van der Waals surface area contributed by atoms with E-state index < -0.39 is 36.5 Å². The Bertz CT molecular complexity index is 1060. The van der Waals surface area contributed by atoms with Crippen LogP contribution in [-0.2, 0) is 23.9 Å². The number of aromatic amines is 1. The molecule has 1 aromatic heterocycles. The van der Waals surface area contributed by atoms with Gasteiger partial charge in [0.25, 0.3) is 0 Å². The number of nitrogens with zero attached hydrogens (tertiary/aromatic N) is 2. The van der Waals surface area contributed by atoms with E-state index in [0.717, 1.165) is 11.6 Å². The minimum atomic E-state index is -4.89. The van der Waals surface area contributed by atoms with Crippen molar-refractivity contribution in [3.05, 3.63) is 71.7 Å². The molecule has 1 heterocycles. The molecule has 7 nitrogen and oxygen atoms in total. The molecule has 32 heavy (non-hydrogen) atoms. The van der Waals surface area contributed by atoms with Crippen molar-refractivity contribution in [1.82, 2.24) is 15.6 Å². The lowest BCUT2D eigenvalue weighted by atomic mass is 9.75. The van der Waals surface area contributed by atoms with Gasteiger partial charge in [-0.1, -0.05) is 41.6 Å². The fraction of sp³-hybridized carbons (Fsp3) is 0.250. The summed E-state index contributed by atoms with van der Waals surface area (Å²) in [6.45, 7) is 0.203. The molecule has 168 valence electrons. The molecule has 3 rings (SSSR count). The number of amides is 1. The first kappa shape index (κ1) is 23.4. The first-order valence-corrected chi connectivity index (χ1v) is 9.65. The number of halogens is 4. The Balaban J connectivity index is 1.60. The average molecular weight is 451 g/mol. The van der Waals surface area contributed by atoms with Crippen molar-refractivity contribution in [2.75, 3.05) is 0 Å². The highest BCUT2D eigenvalue weighted by Crippen LogP contribution is 2.32. The fourth-order valence-corrected chi connectivity index (χ4v) is 3.09. The molecule has 0 saturated heterocycles. The van der Waals surface area contributed by atoms with Crippen LogP contribution in [0.2, 0.25) is 0 Å². The van der Waals surface area contributed by atoms with Crippen LogP contribution >= 0.6 is 0 Å². The van der Waals surface area contributed by atoms with Gasteiger partial charge in [0, 0.05) is 10.7 Å². The van der Waals surface area contributed by atoms with Gasteiger partial charge in [0.2, 0.25) is 11.6 Å². The van der Waals surface area contributed by atoms with Crippen molar-refractivity contribution < 1.29 is 37.1 Å². The van der Waals surface area contributed by atoms with E-state index in [1.165, 1.54) is 0 Å². The maximum Gasteiger partial charge on any atom is 0.475 e.